The molecule has 160 valence electrons. The summed E-state index contributed by atoms with van der Waals surface area (Å²) in [5.74, 6) is 0.260. The third kappa shape index (κ3) is 5.56. The predicted octanol–water partition coefficient (Wildman–Crippen LogP) is 4.06. The lowest BCUT2D eigenvalue weighted by Gasteiger charge is -2.24. The van der Waals surface area contributed by atoms with Crippen LogP contribution in [0, 0.1) is 5.92 Å². The van der Waals surface area contributed by atoms with Gasteiger partial charge in [-0.1, -0.05) is 37.3 Å². The van der Waals surface area contributed by atoms with Gasteiger partial charge in [0.15, 0.2) is 0 Å². The van der Waals surface area contributed by atoms with Gasteiger partial charge >= 0.3 is 0 Å². The van der Waals surface area contributed by atoms with Gasteiger partial charge in [-0.25, -0.2) is 0 Å². The number of aromatic nitrogens is 2. The molecule has 1 aliphatic heterocycles. The Kier molecular flexibility index (Phi) is 7.05. The molecule has 3 aromatic rings. The van der Waals surface area contributed by atoms with Gasteiger partial charge in [0.2, 0.25) is 5.91 Å². The second-order valence-corrected chi connectivity index (χ2v) is 8.26. The number of rotatable bonds is 7. The first-order valence-corrected chi connectivity index (χ1v) is 11.1. The third-order valence-electron chi connectivity index (χ3n) is 5.91. The van der Waals surface area contributed by atoms with E-state index >= 15 is 0 Å². The smallest absolute Gasteiger partial charge is 0.227 e. The summed E-state index contributed by atoms with van der Waals surface area (Å²) in [6, 6.07) is 16.7. The highest BCUT2D eigenvalue weighted by molar-refractivity contribution is 5.79. The SMILES string of the molecule is CCCN1CCN(Cc2ccncc2)C[C@@H](Cc2ccc(-c3cccnc3)cc2)C1=O. The molecular weight excluding hydrogens is 384 g/mol. The highest BCUT2D eigenvalue weighted by Gasteiger charge is 2.30. The molecule has 1 saturated heterocycles. The minimum absolute atomic E-state index is 0.0277. The molecule has 0 unspecified atom stereocenters. The second kappa shape index (κ2) is 10.3. The summed E-state index contributed by atoms with van der Waals surface area (Å²) in [4.78, 5) is 26.1. The van der Waals surface area contributed by atoms with Crippen molar-refractivity contribution in [3.63, 3.8) is 0 Å². The second-order valence-electron chi connectivity index (χ2n) is 8.26. The number of nitrogens with zero attached hydrogens (tertiary/aromatic N) is 4. The van der Waals surface area contributed by atoms with Crippen molar-refractivity contribution in [3.05, 3.63) is 84.4 Å². The molecule has 0 N–H and O–H groups in total. The molecule has 5 nitrogen and oxygen atoms in total. The summed E-state index contributed by atoms with van der Waals surface area (Å²) < 4.78 is 0. The van der Waals surface area contributed by atoms with E-state index in [4.69, 9.17) is 0 Å². The van der Waals surface area contributed by atoms with Gasteiger partial charge in [0.1, 0.15) is 0 Å². The number of carbonyl (C=O) groups excluding carboxylic acids is 1. The molecule has 3 heterocycles. The predicted molar refractivity (Wildman–Crippen MR) is 123 cm³/mol. The monoisotopic (exact) mass is 414 g/mol. The van der Waals surface area contributed by atoms with E-state index in [9.17, 15) is 4.79 Å². The van der Waals surface area contributed by atoms with Crippen LogP contribution in [0.1, 0.15) is 24.5 Å². The summed E-state index contributed by atoms with van der Waals surface area (Å²) in [5.41, 5.74) is 4.70. The Hall–Kier alpha value is -3.05. The van der Waals surface area contributed by atoms with E-state index in [2.05, 4.69) is 69.2 Å². The van der Waals surface area contributed by atoms with E-state index in [0.29, 0.717) is 0 Å². The Balaban J connectivity index is 1.49. The van der Waals surface area contributed by atoms with Gasteiger partial charge in [-0.15, -0.1) is 0 Å². The quantitative estimate of drug-likeness (QED) is 0.585. The molecule has 1 amide bonds. The van der Waals surface area contributed by atoms with Crippen molar-refractivity contribution in [1.82, 2.24) is 19.8 Å². The number of benzene rings is 1. The van der Waals surface area contributed by atoms with Crippen LogP contribution in [-0.4, -0.2) is 51.9 Å². The van der Waals surface area contributed by atoms with Crippen LogP contribution in [0.4, 0.5) is 0 Å². The molecular formula is C26H30N4O. The molecule has 0 spiro atoms. The maximum absolute atomic E-state index is 13.3. The van der Waals surface area contributed by atoms with Gasteiger partial charge < -0.3 is 4.90 Å². The van der Waals surface area contributed by atoms with Crippen molar-refractivity contribution < 1.29 is 4.79 Å². The number of hydrogen-bond donors (Lipinski definition) is 0. The zero-order valence-corrected chi connectivity index (χ0v) is 18.2. The standard InChI is InChI=1S/C26H30N4O/c1-2-14-30-16-15-29(19-22-9-12-27-13-10-22)20-25(26(30)31)17-21-5-7-23(8-6-21)24-4-3-11-28-18-24/h3-13,18,25H,2,14-17,19-20H2,1H3/t25-/m1/s1. The lowest BCUT2D eigenvalue weighted by molar-refractivity contribution is -0.134. The molecule has 31 heavy (non-hydrogen) atoms. The Bertz CT molecular complexity index is 960. The van der Waals surface area contributed by atoms with E-state index < -0.39 is 0 Å². The van der Waals surface area contributed by atoms with Crippen LogP contribution < -0.4 is 0 Å². The first-order valence-electron chi connectivity index (χ1n) is 11.1. The van der Waals surface area contributed by atoms with Crippen LogP contribution in [0.15, 0.2) is 73.3 Å². The Morgan fingerprint density at radius 1 is 0.903 bits per heavy atom. The van der Waals surface area contributed by atoms with E-state index in [-0.39, 0.29) is 11.8 Å². The molecule has 0 radical (unpaired) electrons. The summed E-state index contributed by atoms with van der Waals surface area (Å²) >= 11 is 0. The van der Waals surface area contributed by atoms with Gasteiger partial charge in [-0.3, -0.25) is 19.7 Å². The van der Waals surface area contributed by atoms with E-state index in [1.165, 1.54) is 11.1 Å². The Labute approximate surface area is 184 Å². The summed E-state index contributed by atoms with van der Waals surface area (Å²) in [7, 11) is 0. The van der Waals surface area contributed by atoms with Crippen LogP contribution >= 0.6 is 0 Å². The third-order valence-corrected chi connectivity index (χ3v) is 5.91. The zero-order chi connectivity index (χ0) is 21.5. The highest BCUT2D eigenvalue weighted by atomic mass is 16.2. The van der Waals surface area contributed by atoms with Crippen LogP contribution in [0.2, 0.25) is 0 Å². The summed E-state index contributed by atoms with van der Waals surface area (Å²) in [6.07, 6.45) is 9.09. The van der Waals surface area contributed by atoms with Gasteiger partial charge in [0, 0.05) is 57.5 Å². The normalized spacial score (nSPS) is 17.5. The van der Waals surface area contributed by atoms with Gasteiger partial charge in [0.05, 0.1) is 5.92 Å². The van der Waals surface area contributed by atoms with Crippen molar-refractivity contribution >= 4 is 5.91 Å². The van der Waals surface area contributed by atoms with Crippen molar-refractivity contribution in [3.8, 4) is 11.1 Å². The highest BCUT2D eigenvalue weighted by Crippen LogP contribution is 2.22. The molecule has 4 rings (SSSR count). The minimum Gasteiger partial charge on any atom is -0.341 e. The van der Waals surface area contributed by atoms with Crippen molar-refractivity contribution in [1.29, 1.82) is 0 Å². The zero-order valence-electron chi connectivity index (χ0n) is 18.2. The first-order chi connectivity index (χ1) is 15.2. The average Bonchev–Trinajstić information content (AvgIpc) is 2.95. The molecule has 1 fully saturated rings. The number of pyridine rings is 2. The van der Waals surface area contributed by atoms with Crippen molar-refractivity contribution in [2.24, 2.45) is 5.92 Å². The number of carbonyl (C=O) groups is 1. The molecule has 2 aromatic heterocycles. The number of hydrogen-bond acceptors (Lipinski definition) is 4. The van der Waals surface area contributed by atoms with Crippen LogP contribution in [0.25, 0.3) is 11.1 Å². The van der Waals surface area contributed by atoms with Crippen molar-refractivity contribution in [2.75, 3.05) is 26.2 Å². The molecule has 5 heteroatoms. The van der Waals surface area contributed by atoms with Gasteiger partial charge in [-0.05, 0) is 53.3 Å². The molecule has 1 aromatic carbocycles. The van der Waals surface area contributed by atoms with E-state index in [1.807, 2.05) is 24.7 Å². The van der Waals surface area contributed by atoms with Gasteiger partial charge in [0.25, 0.3) is 0 Å². The Morgan fingerprint density at radius 2 is 1.71 bits per heavy atom. The fourth-order valence-electron chi connectivity index (χ4n) is 4.30. The first kappa shape index (κ1) is 21.2. The van der Waals surface area contributed by atoms with Crippen LogP contribution in [0.5, 0.6) is 0 Å². The minimum atomic E-state index is -0.0277. The summed E-state index contributed by atoms with van der Waals surface area (Å²) in [5, 5.41) is 0. The molecule has 1 aliphatic rings. The largest absolute Gasteiger partial charge is 0.341 e. The molecule has 1 atom stereocenters. The summed E-state index contributed by atoms with van der Waals surface area (Å²) in [6.45, 7) is 6.31. The number of amides is 1. The fraction of sp³-hybridized carbons (Fsp3) is 0.346. The van der Waals surface area contributed by atoms with Crippen molar-refractivity contribution in [2.45, 2.75) is 26.3 Å². The fourth-order valence-corrected chi connectivity index (χ4v) is 4.30. The molecule has 0 saturated carbocycles. The van der Waals surface area contributed by atoms with E-state index in [0.717, 1.165) is 56.7 Å². The maximum atomic E-state index is 13.3. The molecule has 0 bridgehead atoms. The molecule has 0 aliphatic carbocycles. The lowest BCUT2D eigenvalue weighted by Crippen LogP contribution is -2.37. The topological polar surface area (TPSA) is 49.3 Å². The average molecular weight is 415 g/mol. The van der Waals surface area contributed by atoms with E-state index in [1.54, 1.807) is 6.20 Å². The van der Waals surface area contributed by atoms with Crippen LogP contribution in [-0.2, 0) is 17.8 Å². The van der Waals surface area contributed by atoms with Crippen LogP contribution in [0.3, 0.4) is 0 Å². The lowest BCUT2D eigenvalue weighted by atomic mass is 9.95. The maximum Gasteiger partial charge on any atom is 0.227 e. The van der Waals surface area contributed by atoms with Gasteiger partial charge in [-0.2, -0.15) is 0 Å². The Morgan fingerprint density at radius 3 is 2.42 bits per heavy atom.